The van der Waals surface area contributed by atoms with Crippen LogP contribution in [0.25, 0.3) is 0 Å². The number of amides is 1. The van der Waals surface area contributed by atoms with Gasteiger partial charge in [0.1, 0.15) is 5.82 Å². The summed E-state index contributed by atoms with van der Waals surface area (Å²) >= 11 is 0. The number of ether oxygens (including phenoxy) is 1. The summed E-state index contributed by atoms with van der Waals surface area (Å²) in [6.45, 7) is 6.11. The molecule has 0 saturated carbocycles. The molecule has 0 radical (unpaired) electrons. The van der Waals surface area contributed by atoms with Crippen LogP contribution in [-0.2, 0) is 4.74 Å². The van der Waals surface area contributed by atoms with Crippen LogP contribution >= 0.6 is 0 Å². The van der Waals surface area contributed by atoms with Gasteiger partial charge in [-0.1, -0.05) is 13.0 Å². The Morgan fingerprint density at radius 2 is 2.30 bits per heavy atom. The number of rotatable bonds is 4. The molecular formula is C15H21FN2O2. The van der Waals surface area contributed by atoms with Crippen molar-refractivity contribution in [1.82, 2.24) is 4.90 Å². The van der Waals surface area contributed by atoms with Crippen molar-refractivity contribution in [2.75, 3.05) is 31.6 Å². The van der Waals surface area contributed by atoms with Crippen LogP contribution in [0.3, 0.4) is 0 Å². The molecule has 0 spiro atoms. The quantitative estimate of drug-likeness (QED) is 0.921. The van der Waals surface area contributed by atoms with Crippen molar-refractivity contribution < 1.29 is 13.9 Å². The number of benzene rings is 1. The molecule has 1 amide bonds. The molecule has 1 aliphatic rings. The first-order chi connectivity index (χ1) is 9.69. The summed E-state index contributed by atoms with van der Waals surface area (Å²) in [5.74, 6) is -0.519. The second kappa shape index (κ2) is 6.70. The molecule has 20 heavy (non-hydrogen) atoms. The Kier molecular flexibility index (Phi) is 4.95. The van der Waals surface area contributed by atoms with E-state index in [9.17, 15) is 9.18 Å². The van der Waals surface area contributed by atoms with E-state index in [4.69, 9.17) is 4.74 Å². The lowest BCUT2D eigenvalue weighted by molar-refractivity contribution is -0.00276. The van der Waals surface area contributed by atoms with E-state index in [-0.39, 0.29) is 17.8 Å². The van der Waals surface area contributed by atoms with Gasteiger partial charge in [0, 0.05) is 13.1 Å². The molecule has 1 heterocycles. The van der Waals surface area contributed by atoms with Crippen LogP contribution in [0.1, 0.15) is 30.6 Å². The Balaban J connectivity index is 2.30. The van der Waals surface area contributed by atoms with Gasteiger partial charge in [-0.3, -0.25) is 4.79 Å². The zero-order chi connectivity index (χ0) is 14.5. The highest BCUT2D eigenvalue weighted by atomic mass is 19.1. The Labute approximate surface area is 118 Å². The lowest BCUT2D eigenvalue weighted by Gasteiger charge is -2.35. The SMILES string of the molecule is CCNc1c(F)cccc1C(=O)N1CCOCC1CC. The summed E-state index contributed by atoms with van der Waals surface area (Å²) < 4.78 is 19.3. The molecule has 1 aromatic carbocycles. The average molecular weight is 280 g/mol. The van der Waals surface area contributed by atoms with Crippen molar-refractivity contribution in [3.63, 3.8) is 0 Å². The molecule has 1 unspecified atom stereocenters. The summed E-state index contributed by atoms with van der Waals surface area (Å²) in [7, 11) is 0. The number of anilines is 1. The van der Waals surface area contributed by atoms with E-state index in [1.54, 1.807) is 17.0 Å². The van der Waals surface area contributed by atoms with Crippen LogP contribution < -0.4 is 5.32 Å². The van der Waals surface area contributed by atoms with E-state index in [0.717, 1.165) is 6.42 Å². The first kappa shape index (κ1) is 14.8. The van der Waals surface area contributed by atoms with E-state index in [1.165, 1.54) is 6.07 Å². The smallest absolute Gasteiger partial charge is 0.256 e. The molecule has 2 rings (SSSR count). The molecular weight excluding hydrogens is 259 g/mol. The summed E-state index contributed by atoms with van der Waals surface area (Å²) in [5.41, 5.74) is 0.688. The van der Waals surface area contributed by atoms with Gasteiger partial charge in [-0.25, -0.2) is 4.39 Å². The molecule has 1 saturated heterocycles. The van der Waals surface area contributed by atoms with Crippen LogP contribution in [-0.4, -0.2) is 43.2 Å². The van der Waals surface area contributed by atoms with Crippen LogP contribution in [0.15, 0.2) is 18.2 Å². The molecule has 0 bridgehead atoms. The summed E-state index contributed by atoms with van der Waals surface area (Å²) in [5, 5.41) is 2.94. The van der Waals surface area contributed by atoms with Crippen LogP contribution in [0.4, 0.5) is 10.1 Å². The monoisotopic (exact) mass is 280 g/mol. The molecule has 0 aliphatic carbocycles. The van der Waals surface area contributed by atoms with Crippen molar-refractivity contribution in [1.29, 1.82) is 0 Å². The Morgan fingerprint density at radius 3 is 3.00 bits per heavy atom. The number of carbonyl (C=O) groups is 1. The third kappa shape index (κ3) is 2.93. The standard InChI is InChI=1S/C15H21FN2O2/c1-3-11-10-20-9-8-18(11)15(19)12-6-5-7-13(16)14(12)17-4-2/h5-7,11,17H,3-4,8-10H2,1-2H3. The van der Waals surface area contributed by atoms with Crippen LogP contribution in [0.2, 0.25) is 0 Å². The van der Waals surface area contributed by atoms with Gasteiger partial charge < -0.3 is 15.0 Å². The first-order valence-corrected chi connectivity index (χ1v) is 7.10. The zero-order valence-corrected chi connectivity index (χ0v) is 12.0. The minimum Gasteiger partial charge on any atom is -0.382 e. The fourth-order valence-electron chi connectivity index (χ4n) is 2.47. The number of nitrogens with one attached hydrogen (secondary N) is 1. The van der Waals surface area contributed by atoms with Crippen LogP contribution in [0.5, 0.6) is 0 Å². The minimum atomic E-state index is -0.390. The average Bonchev–Trinajstić information content (AvgIpc) is 2.48. The normalized spacial score (nSPS) is 18.9. The van der Waals surface area contributed by atoms with Crippen molar-refractivity contribution in [3.05, 3.63) is 29.6 Å². The molecule has 5 heteroatoms. The summed E-state index contributed by atoms with van der Waals surface area (Å²) in [6.07, 6.45) is 0.831. The number of carbonyl (C=O) groups excluding carboxylic acids is 1. The largest absolute Gasteiger partial charge is 0.382 e. The highest BCUT2D eigenvalue weighted by Crippen LogP contribution is 2.23. The maximum atomic E-state index is 13.9. The van der Waals surface area contributed by atoms with Gasteiger partial charge in [0.2, 0.25) is 0 Å². The summed E-state index contributed by atoms with van der Waals surface area (Å²) in [4.78, 5) is 14.5. The lowest BCUT2D eigenvalue weighted by Crippen LogP contribution is -2.48. The molecule has 1 aliphatic heterocycles. The van der Waals surface area contributed by atoms with E-state index in [1.807, 2.05) is 13.8 Å². The molecule has 1 aromatic rings. The highest BCUT2D eigenvalue weighted by Gasteiger charge is 2.28. The van der Waals surface area contributed by atoms with Crippen molar-refractivity contribution in [2.45, 2.75) is 26.3 Å². The molecule has 1 N–H and O–H groups in total. The van der Waals surface area contributed by atoms with Crippen molar-refractivity contribution >= 4 is 11.6 Å². The maximum absolute atomic E-state index is 13.9. The fourth-order valence-corrected chi connectivity index (χ4v) is 2.47. The molecule has 4 nitrogen and oxygen atoms in total. The van der Waals surface area contributed by atoms with E-state index in [0.29, 0.717) is 37.6 Å². The van der Waals surface area contributed by atoms with Gasteiger partial charge in [-0.05, 0) is 25.5 Å². The predicted molar refractivity (Wildman–Crippen MR) is 76.5 cm³/mol. The minimum absolute atomic E-state index is 0.0639. The lowest BCUT2D eigenvalue weighted by atomic mass is 10.1. The van der Waals surface area contributed by atoms with E-state index >= 15 is 0 Å². The second-order valence-corrected chi connectivity index (χ2v) is 4.83. The molecule has 0 aromatic heterocycles. The Hall–Kier alpha value is -1.62. The first-order valence-electron chi connectivity index (χ1n) is 7.10. The zero-order valence-electron chi connectivity index (χ0n) is 12.0. The fraction of sp³-hybridized carbons (Fsp3) is 0.533. The number of nitrogens with zero attached hydrogens (tertiary/aromatic N) is 1. The van der Waals surface area contributed by atoms with Crippen molar-refractivity contribution in [2.24, 2.45) is 0 Å². The number of halogens is 1. The number of para-hydroxylation sites is 1. The number of hydrogen-bond donors (Lipinski definition) is 1. The second-order valence-electron chi connectivity index (χ2n) is 4.83. The topological polar surface area (TPSA) is 41.6 Å². The highest BCUT2D eigenvalue weighted by molar-refractivity contribution is 6.00. The Bertz CT molecular complexity index is 479. The van der Waals surface area contributed by atoms with Gasteiger partial charge in [0.15, 0.2) is 0 Å². The maximum Gasteiger partial charge on any atom is 0.256 e. The van der Waals surface area contributed by atoms with Gasteiger partial charge in [0.05, 0.1) is 30.5 Å². The van der Waals surface area contributed by atoms with E-state index < -0.39 is 0 Å². The van der Waals surface area contributed by atoms with Gasteiger partial charge >= 0.3 is 0 Å². The molecule has 1 atom stereocenters. The number of hydrogen-bond acceptors (Lipinski definition) is 3. The molecule has 110 valence electrons. The van der Waals surface area contributed by atoms with E-state index in [2.05, 4.69) is 5.32 Å². The van der Waals surface area contributed by atoms with Gasteiger partial charge in [-0.2, -0.15) is 0 Å². The van der Waals surface area contributed by atoms with Gasteiger partial charge in [-0.15, -0.1) is 0 Å². The van der Waals surface area contributed by atoms with Gasteiger partial charge in [0.25, 0.3) is 5.91 Å². The number of morpholine rings is 1. The molecule has 1 fully saturated rings. The third-order valence-electron chi connectivity index (χ3n) is 3.56. The third-order valence-corrected chi connectivity index (χ3v) is 3.56. The Morgan fingerprint density at radius 1 is 1.50 bits per heavy atom. The van der Waals surface area contributed by atoms with Crippen molar-refractivity contribution in [3.8, 4) is 0 Å². The predicted octanol–water partition coefficient (Wildman–Crippen LogP) is 2.51. The summed E-state index contributed by atoms with van der Waals surface area (Å²) in [6, 6.07) is 4.68. The van der Waals surface area contributed by atoms with Crippen LogP contribution in [0, 0.1) is 5.82 Å².